The van der Waals surface area contributed by atoms with E-state index in [0.717, 1.165) is 38.4 Å². The Morgan fingerprint density at radius 2 is 1.71 bits per heavy atom. The normalized spacial score (nSPS) is 11.2. The lowest BCUT2D eigenvalue weighted by molar-refractivity contribution is 0.0923. The Balaban J connectivity index is 1.60. The molecule has 0 bridgehead atoms. The molecule has 0 radical (unpaired) electrons. The Hall–Kier alpha value is -3.11. The molecule has 28 heavy (non-hydrogen) atoms. The van der Waals surface area contributed by atoms with Gasteiger partial charge in [0.2, 0.25) is 0 Å². The van der Waals surface area contributed by atoms with Crippen LogP contribution in [0.25, 0.3) is 21.7 Å². The molecular formula is C24H23NO3. The Bertz CT molecular complexity index is 1140. The molecule has 0 saturated heterocycles. The van der Waals surface area contributed by atoms with Crippen LogP contribution in [0.5, 0.6) is 0 Å². The lowest BCUT2D eigenvalue weighted by atomic mass is 10.1. The monoisotopic (exact) mass is 373 g/mol. The lowest BCUT2D eigenvalue weighted by Crippen LogP contribution is -2.23. The van der Waals surface area contributed by atoms with Gasteiger partial charge in [0.25, 0.3) is 5.91 Å². The highest BCUT2D eigenvalue weighted by Gasteiger charge is 2.19. The summed E-state index contributed by atoms with van der Waals surface area (Å²) >= 11 is 0. The van der Waals surface area contributed by atoms with Gasteiger partial charge in [-0.3, -0.25) is 4.79 Å². The number of rotatable bonds is 6. The number of aryl methyl sites for hydroxylation is 1. The average molecular weight is 373 g/mol. The van der Waals surface area contributed by atoms with Crippen molar-refractivity contribution in [3.63, 3.8) is 0 Å². The molecule has 0 atom stereocenters. The molecule has 4 heteroatoms. The highest BCUT2D eigenvalue weighted by molar-refractivity contribution is 6.08. The summed E-state index contributed by atoms with van der Waals surface area (Å²) in [6, 6.07) is 20.1. The third-order valence-electron chi connectivity index (χ3n) is 5.05. The van der Waals surface area contributed by atoms with Crippen molar-refractivity contribution in [2.24, 2.45) is 0 Å². The maximum Gasteiger partial charge on any atom is 0.287 e. The predicted octanol–water partition coefficient (Wildman–Crippen LogP) is 5.36. The summed E-state index contributed by atoms with van der Waals surface area (Å²) < 4.78 is 11.5. The lowest BCUT2D eigenvalue weighted by Gasteiger charge is -2.10. The van der Waals surface area contributed by atoms with Crippen molar-refractivity contribution in [3.8, 4) is 0 Å². The summed E-state index contributed by atoms with van der Waals surface area (Å²) in [4.78, 5) is 12.8. The number of benzene rings is 3. The number of hydrogen-bond donors (Lipinski definition) is 1. The quantitative estimate of drug-likeness (QED) is 0.495. The van der Waals surface area contributed by atoms with Gasteiger partial charge < -0.3 is 14.5 Å². The van der Waals surface area contributed by atoms with Crippen LogP contribution in [0.3, 0.4) is 0 Å². The first-order valence-corrected chi connectivity index (χ1v) is 9.52. The number of ether oxygens (including phenoxy) is 1. The standard InChI is InChI=1S/C24H23NO3/c1-3-27-15-19-10-5-4-9-18(19)14-25-24(26)22-16(2)20-13-12-17-8-6-7-11-21(17)23(20)28-22/h4-13H,3,14-15H2,1-2H3,(H,25,26). The molecule has 1 heterocycles. The van der Waals surface area contributed by atoms with E-state index in [-0.39, 0.29) is 5.91 Å². The Labute approximate surface area is 164 Å². The van der Waals surface area contributed by atoms with Crippen LogP contribution >= 0.6 is 0 Å². The molecule has 0 aliphatic carbocycles. The van der Waals surface area contributed by atoms with Gasteiger partial charge in [-0.05, 0) is 30.4 Å². The fourth-order valence-corrected chi connectivity index (χ4v) is 3.50. The van der Waals surface area contributed by atoms with Crippen LogP contribution in [0, 0.1) is 6.92 Å². The summed E-state index contributed by atoms with van der Waals surface area (Å²) in [5, 5.41) is 6.08. The number of hydrogen-bond acceptors (Lipinski definition) is 3. The van der Waals surface area contributed by atoms with Crippen LogP contribution < -0.4 is 5.32 Å². The van der Waals surface area contributed by atoms with Crippen molar-refractivity contribution < 1.29 is 13.9 Å². The van der Waals surface area contributed by atoms with Gasteiger partial charge in [0.1, 0.15) is 5.58 Å². The minimum absolute atomic E-state index is 0.205. The van der Waals surface area contributed by atoms with E-state index in [1.807, 2.05) is 68.4 Å². The number of carbonyl (C=O) groups excluding carboxylic acids is 1. The molecule has 4 rings (SSSR count). The zero-order valence-corrected chi connectivity index (χ0v) is 16.1. The van der Waals surface area contributed by atoms with Crippen LogP contribution in [0.15, 0.2) is 65.1 Å². The van der Waals surface area contributed by atoms with Gasteiger partial charge in [0, 0.05) is 29.5 Å². The highest BCUT2D eigenvalue weighted by atomic mass is 16.5. The van der Waals surface area contributed by atoms with Crippen LogP contribution in [0.4, 0.5) is 0 Å². The first-order chi connectivity index (χ1) is 13.7. The van der Waals surface area contributed by atoms with Crippen molar-refractivity contribution in [1.82, 2.24) is 5.32 Å². The molecule has 0 spiro atoms. The van der Waals surface area contributed by atoms with Gasteiger partial charge in [-0.1, -0.05) is 60.7 Å². The fourth-order valence-electron chi connectivity index (χ4n) is 3.50. The average Bonchev–Trinajstić information content (AvgIpc) is 3.08. The third kappa shape index (κ3) is 3.39. The van der Waals surface area contributed by atoms with Gasteiger partial charge in [-0.15, -0.1) is 0 Å². The molecule has 4 nitrogen and oxygen atoms in total. The van der Waals surface area contributed by atoms with E-state index in [1.165, 1.54) is 0 Å². The smallest absolute Gasteiger partial charge is 0.287 e. The Morgan fingerprint density at radius 3 is 2.54 bits per heavy atom. The summed E-state index contributed by atoms with van der Waals surface area (Å²) in [6.45, 7) is 5.53. The van der Waals surface area contributed by atoms with Crippen molar-refractivity contribution in [3.05, 3.63) is 83.1 Å². The molecule has 142 valence electrons. The van der Waals surface area contributed by atoms with Crippen molar-refractivity contribution in [1.29, 1.82) is 0 Å². The number of carbonyl (C=O) groups is 1. The predicted molar refractivity (Wildman–Crippen MR) is 111 cm³/mol. The molecule has 0 aliphatic heterocycles. The van der Waals surface area contributed by atoms with Crippen LogP contribution in [-0.2, 0) is 17.9 Å². The van der Waals surface area contributed by atoms with Gasteiger partial charge >= 0.3 is 0 Å². The minimum Gasteiger partial charge on any atom is -0.450 e. The van der Waals surface area contributed by atoms with E-state index < -0.39 is 0 Å². The van der Waals surface area contributed by atoms with Crippen LogP contribution in [0.1, 0.15) is 34.2 Å². The maximum absolute atomic E-state index is 12.8. The second-order valence-electron chi connectivity index (χ2n) is 6.81. The summed E-state index contributed by atoms with van der Waals surface area (Å²) in [5.41, 5.74) is 3.75. The molecule has 1 amide bonds. The highest BCUT2D eigenvalue weighted by Crippen LogP contribution is 2.31. The Morgan fingerprint density at radius 1 is 0.964 bits per heavy atom. The van der Waals surface area contributed by atoms with Gasteiger partial charge in [-0.2, -0.15) is 0 Å². The van der Waals surface area contributed by atoms with Gasteiger partial charge in [0.05, 0.1) is 6.61 Å². The number of furan rings is 1. The molecule has 0 unspecified atom stereocenters. The minimum atomic E-state index is -0.205. The van der Waals surface area contributed by atoms with Gasteiger partial charge in [0.15, 0.2) is 5.76 Å². The Kier molecular flexibility index (Phi) is 5.13. The fraction of sp³-hybridized carbons (Fsp3) is 0.208. The van der Waals surface area contributed by atoms with Crippen LogP contribution in [0.2, 0.25) is 0 Å². The zero-order valence-electron chi connectivity index (χ0n) is 16.1. The number of nitrogens with one attached hydrogen (secondary N) is 1. The van der Waals surface area contributed by atoms with Crippen molar-refractivity contribution >= 4 is 27.6 Å². The number of fused-ring (bicyclic) bond motifs is 3. The largest absolute Gasteiger partial charge is 0.450 e. The molecule has 1 N–H and O–H groups in total. The zero-order chi connectivity index (χ0) is 19.5. The van der Waals surface area contributed by atoms with Crippen molar-refractivity contribution in [2.45, 2.75) is 27.0 Å². The SMILES string of the molecule is CCOCc1ccccc1CNC(=O)c1oc2c(ccc3ccccc32)c1C. The molecule has 4 aromatic rings. The molecule has 0 saturated carbocycles. The summed E-state index contributed by atoms with van der Waals surface area (Å²) in [5.74, 6) is 0.164. The molecule has 0 aliphatic rings. The van der Waals surface area contributed by atoms with E-state index >= 15 is 0 Å². The first-order valence-electron chi connectivity index (χ1n) is 9.52. The molecular weight excluding hydrogens is 350 g/mol. The molecule has 3 aromatic carbocycles. The first kappa shape index (κ1) is 18.3. The maximum atomic E-state index is 12.8. The second kappa shape index (κ2) is 7.87. The molecule has 0 fully saturated rings. The van der Waals surface area contributed by atoms with E-state index in [4.69, 9.17) is 9.15 Å². The van der Waals surface area contributed by atoms with Crippen molar-refractivity contribution in [2.75, 3.05) is 6.61 Å². The summed E-state index contributed by atoms with van der Waals surface area (Å²) in [7, 11) is 0. The number of amides is 1. The molecule has 1 aromatic heterocycles. The van der Waals surface area contributed by atoms with E-state index in [0.29, 0.717) is 25.5 Å². The third-order valence-corrected chi connectivity index (χ3v) is 5.05. The summed E-state index contributed by atoms with van der Waals surface area (Å²) in [6.07, 6.45) is 0. The van der Waals surface area contributed by atoms with E-state index in [9.17, 15) is 4.79 Å². The van der Waals surface area contributed by atoms with E-state index in [2.05, 4.69) is 11.4 Å². The topological polar surface area (TPSA) is 51.5 Å². The second-order valence-corrected chi connectivity index (χ2v) is 6.81. The van der Waals surface area contributed by atoms with E-state index in [1.54, 1.807) is 0 Å². The van der Waals surface area contributed by atoms with Gasteiger partial charge in [-0.25, -0.2) is 0 Å². The van der Waals surface area contributed by atoms with Crippen LogP contribution in [-0.4, -0.2) is 12.5 Å².